The smallest absolute Gasteiger partial charge is 0.245 e. The summed E-state index contributed by atoms with van der Waals surface area (Å²) in [5.74, 6) is 0.643. The Morgan fingerprint density at radius 2 is 1.90 bits per heavy atom. The molecule has 0 aliphatic carbocycles. The van der Waals surface area contributed by atoms with Crippen LogP contribution >= 0.6 is 11.6 Å². The molecule has 5 heteroatoms. The maximum atomic E-state index is 12.1. The molecule has 0 amide bonds. The number of carbonyl (C=O) groups is 1. The van der Waals surface area contributed by atoms with E-state index in [1.807, 2.05) is 0 Å². The second-order valence-corrected chi connectivity index (χ2v) is 5.56. The van der Waals surface area contributed by atoms with Crippen LogP contribution in [0.4, 0.5) is 0 Å². The summed E-state index contributed by atoms with van der Waals surface area (Å²) in [6.07, 6.45) is 0.0592. The minimum Gasteiger partial charge on any atom is -0.508 e. The van der Waals surface area contributed by atoms with Crippen LogP contribution in [0, 0.1) is 0 Å². The van der Waals surface area contributed by atoms with Crippen molar-refractivity contribution in [2.24, 2.45) is 0 Å². The van der Waals surface area contributed by atoms with Crippen LogP contribution in [-0.4, -0.2) is 16.1 Å². The molecule has 1 heterocycles. The monoisotopic (exact) mass is 303 g/mol. The molecule has 0 saturated heterocycles. The van der Waals surface area contributed by atoms with E-state index in [0.717, 1.165) is 5.56 Å². The van der Waals surface area contributed by atoms with Gasteiger partial charge in [0.05, 0.1) is 12.0 Å². The Morgan fingerprint density at radius 1 is 1.19 bits per heavy atom. The lowest BCUT2D eigenvalue weighted by atomic mass is 10.0. The zero-order valence-electron chi connectivity index (χ0n) is 11.2. The topological polar surface area (TPSA) is 58.6 Å². The van der Waals surface area contributed by atoms with Gasteiger partial charge in [-0.25, -0.2) is 0 Å². The van der Waals surface area contributed by atoms with Gasteiger partial charge in [0.15, 0.2) is 5.78 Å². The summed E-state index contributed by atoms with van der Waals surface area (Å²) in [5, 5.41) is 11.1. The van der Waals surface area contributed by atoms with E-state index in [1.165, 1.54) is 0 Å². The van der Waals surface area contributed by atoms with E-state index in [9.17, 15) is 9.90 Å². The molecule has 0 saturated carbocycles. The van der Waals surface area contributed by atoms with Gasteiger partial charge in [-0.05, 0) is 29.8 Å². The van der Waals surface area contributed by atoms with E-state index in [0.29, 0.717) is 17.9 Å². The summed E-state index contributed by atoms with van der Waals surface area (Å²) >= 11 is 6.38. The van der Waals surface area contributed by atoms with Crippen molar-refractivity contribution in [2.45, 2.75) is 18.1 Å². The number of fused-ring (bicyclic) bond motifs is 1. The molecule has 2 N–H and O–H groups in total. The van der Waals surface area contributed by atoms with Gasteiger partial charge >= 0.3 is 0 Å². The molecule has 1 atom stereocenters. The SMILES string of the molecule is O=C1CC(Cl)(NCc2ccc(O)cc2)Oc2ccccc21. The van der Waals surface area contributed by atoms with E-state index in [-0.39, 0.29) is 18.0 Å². The molecular formula is C16H14ClNO3. The van der Waals surface area contributed by atoms with Gasteiger partial charge in [-0.1, -0.05) is 35.9 Å². The maximum Gasteiger partial charge on any atom is 0.245 e. The van der Waals surface area contributed by atoms with Crippen molar-refractivity contribution in [3.05, 3.63) is 59.7 Å². The number of phenols is 1. The van der Waals surface area contributed by atoms with Gasteiger partial charge in [-0.3, -0.25) is 10.1 Å². The number of hydrogen-bond acceptors (Lipinski definition) is 4. The van der Waals surface area contributed by atoms with Crippen LogP contribution in [-0.2, 0) is 6.54 Å². The van der Waals surface area contributed by atoms with Gasteiger partial charge in [0, 0.05) is 6.54 Å². The first-order valence-electron chi connectivity index (χ1n) is 6.59. The second-order valence-electron chi connectivity index (χ2n) is 4.95. The van der Waals surface area contributed by atoms with Crippen LogP contribution in [0.5, 0.6) is 11.5 Å². The van der Waals surface area contributed by atoms with E-state index < -0.39 is 5.18 Å². The minimum atomic E-state index is -1.25. The maximum absolute atomic E-state index is 12.1. The predicted octanol–water partition coefficient (Wildman–Crippen LogP) is 3.04. The van der Waals surface area contributed by atoms with E-state index >= 15 is 0 Å². The highest BCUT2D eigenvalue weighted by molar-refractivity contribution is 6.25. The zero-order valence-corrected chi connectivity index (χ0v) is 11.9. The summed E-state index contributed by atoms with van der Waals surface area (Å²) < 4.78 is 5.72. The lowest BCUT2D eigenvalue weighted by Crippen LogP contribution is -2.48. The molecule has 21 heavy (non-hydrogen) atoms. The number of alkyl halides is 1. The van der Waals surface area contributed by atoms with E-state index in [4.69, 9.17) is 16.3 Å². The molecule has 0 fully saturated rings. The fourth-order valence-corrected chi connectivity index (χ4v) is 2.52. The lowest BCUT2D eigenvalue weighted by molar-refractivity contribution is 0.0658. The van der Waals surface area contributed by atoms with Crippen LogP contribution in [0.3, 0.4) is 0 Å². The summed E-state index contributed by atoms with van der Waals surface area (Å²) in [5.41, 5.74) is 1.49. The normalized spacial score (nSPS) is 20.7. The number of halogens is 1. The standard InChI is InChI=1S/C16H14ClNO3/c17-16(18-10-11-5-7-12(19)8-6-11)9-14(20)13-3-1-2-4-15(13)21-16/h1-8,18-19H,9-10H2. The fourth-order valence-electron chi connectivity index (χ4n) is 2.24. The average molecular weight is 304 g/mol. The Kier molecular flexibility index (Phi) is 3.57. The molecule has 0 spiro atoms. The van der Waals surface area contributed by atoms with Gasteiger partial charge in [0.25, 0.3) is 0 Å². The molecule has 1 aliphatic heterocycles. The average Bonchev–Trinajstić information content (AvgIpc) is 2.47. The van der Waals surface area contributed by atoms with Gasteiger partial charge < -0.3 is 9.84 Å². The van der Waals surface area contributed by atoms with Crippen molar-refractivity contribution in [1.82, 2.24) is 5.32 Å². The van der Waals surface area contributed by atoms with Crippen molar-refractivity contribution in [2.75, 3.05) is 0 Å². The molecule has 3 rings (SSSR count). The number of Topliss-reactive ketones (excluding diaryl/α,β-unsaturated/α-hetero) is 1. The number of phenolic OH excluding ortho intramolecular Hbond substituents is 1. The Morgan fingerprint density at radius 3 is 2.67 bits per heavy atom. The van der Waals surface area contributed by atoms with Gasteiger partial charge in [-0.2, -0.15) is 0 Å². The van der Waals surface area contributed by atoms with Crippen LogP contribution < -0.4 is 10.1 Å². The molecule has 0 radical (unpaired) electrons. The van der Waals surface area contributed by atoms with E-state index in [2.05, 4.69) is 5.32 Å². The first-order valence-corrected chi connectivity index (χ1v) is 6.97. The molecule has 4 nitrogen and oxygen atoms in total. The minimum absolute atomic E-state index is 0.0509. The molecule has 108 valence electrons. The number of ether oxygens (including phenoxy) is 1. The summed E-state index contributed by atoms with van der Waals surface area (Å²) in [4.78, 5) is 12.1. The number of ketones is 1. The number of hydrogen-bond donors (Lipinski definition) is 2. The van der Waals surface area contributed by atoms with Crippen molar-refractivity contribution < 1.29 is 14.6 Å². The van der Waals surface area contributed by atoms with Gasteiger partial charge in [-0.15, -0.1) is 0 Å². The highest BCUT2D eigenvalue weighted by Crippen LogP contribution is 2.34. The fraction of sp³-hybridized carbons (Fsp3) is 0.188. The second kappa shape index (κ2) is 5.39. The Balaban J connectivity index is 1.74. The first-order chi connectivity index (χ1) is 10.1. The summed E-state index contributed by atoms with van der Waals surface area (Å²) in [7, 11) is 0. The zero-order chi connectivity index (χ0) is 14.9. The third-order valence-corrected chi connectivity index (χ3v) is 3.68. The van der Waals surface area contributed by atoms with Gasteiger partial charge in [0.2, 0.25) is 5.18 Å². The summed E-state index contributed by atoms with van der Waals surface area (Å²) in [6, 6.07) is 13.8. The molecule has 1 aliphatic rings. The number of rotatable bonds is 3. The lowest BCUT2D eigenvalue weighted by Gasteiger charge is -2.33. The van der Waals surface area contributed by atoms with E-state index in [1.54, 1.807) is 48.5 Å². The number of para-hydroxylation sites is 1. The molecule has 2 aromatic rings. The number of benzene rings is 2. The van der Waals surface area contributed by atoms with Crippen LogP contribution in [0.15, 0.2) is 48.5 Å². The predicted molar refractivity (Wildman–Crippen MR) is 79.5 cm³/mol. The number of carbonyl (C=O) groups excluding carboxylic acids is 1. The molecule has 0 bridgehead atoms. The third-order valence-electron chi connectivity index (χ3n) is 3.34. The van der Waals surface area contributed by atoms with Crippen LogP contribution in [0.25, 0.3) is 0 Å². The number of nitrogens with one attached hydrogen (secondary N) is 1. The molecule has 1 unspecified atom stereocenters. The van der Waals surface area contributed by atoms with Gasteiger partial charge in [0.1, 0.15) is 11.5 Å². The van der Waals surface area contributed by atoms with Crippen molar-refractivity contribution in [3.8, 4) is 11.5 Å². The molecular weight excluding hydrogens is 290 g/mol. The Bertz CT molecular complexity index is 671. The highest BCUT2D eigenvalue weighted by Gasteiger charge is 2.38. The highest BCUT2D eigenvalue weighted by atomic mass is 35.5. The van der Waals surface area contributed by atoms with Crippen molar-refractivity contribution in [3.63, 3.8) is 0 Å². The summed E-state index contributed by atoms with van der Waals surface area (Å²) in [6.45, 7) is 0.430. The van der Waals surface area contributed by atoms with Crippen LogP contribution in [0.2, 0.25) is 0 Å². The first kappa shape index (κ1) is 13.9. The Labute approximate surface area is 127 Å². The molecule has 2 aromatic carbocycles. The quantitative estimate of drug-likeness (QED) is 0.676. The molecule has 0 aromatic heterocycles. The van der Waals surface area contributed by atoms with Crippen molar-refractivity contribution in [1.29, 1.82) is 0 Å². The van der Waals surface area contributed by atoms with Crippen LogP contribution in [0.1, 0.15) is 22.3 Å². The number of aromatic hydroxyl groups is 1. The third kappa shape index (κ3) is 3.01. The largest absolute Gasteiger partial charge is 0.508 e. The Hall–Kier alpha value is -2.04. The van der Waals surface area contributed by atoms with Crippen molar-refractivity contribution >= 4 is 17.4 Å².